The number of carbonyl (C=O) groups excluding carboxylic acids is 1. The first-order chi connectivity index (χ1) is 12.0. The van der Waals surface area contributed by atoms with E-state index in [1.807, 2.05) is 24.3 Å². The van der Waals surface area contributed by atoms with Crippen LogP contribution in [-0.4, -0.2) is 19.6 Å². The second kappa shape index (κ2) is 7.60. The van der Waals surface area contributed by atoms with Crippen LogP contribution in [0.4, 0.5) is 5.69 Å². The molecule has 0 aromatic heterocycles. The van der Waals surface area contributed by atoms with Crippen LogP contribution >= 0.6 is 0 Å². The van der Waals surface area contributed by atoms with Crippen LogP contribution in [0.1, 0.15) is 35.6 Å². The maximum absolute atomic E-state index is 12.4. The van der Waals surface area contributed by atoms with Crippen molar-refractivity contribution in [3.05, 3.63) is 59.2 Å². The molecule has 3 rings (SSSR count). The first kappa shape index (κ1) is 17.3. The molecule has 2 aromatic carbocycles. The average Bonchev–Trinajstić information content (AvgIpc) is 3.42. The van der Waals surface area contributed by atoms with Crippen molar-refractivity contribution in [3.8, 4) is 5.75 Å². The molecule has 2 N–H and O–H groups in total. The zero-order valence-corrected chi connectivity index (χ0v) is 15.1. The minimum absolute atomic E-state index is 0.0203. The summed E-state index contributed by atoms with van der Waals surface area (Å²) in [4.78, 5) is 12.4. The number of hydrogen-bond acceptors (Lipinski definition) is 3. The van der Waals surface area contributed by atoms with Crippen molar-refractivity contribution in [2.24, 2.45) is 5.92 Å². The van der Waals surface area contributed by atoms with Crippen molar-refractivity contribution in [2.75, 3.05) is 19.0 Å². The molecule has 0 bridgehead atoms. The van der Waals surface area contributed by atoms with E-state index in [4.69, 9.17) is 4.74 Å². The second-order valence-corrected chi connectivity index (χ2v) is 6.89. The lowest BCUT2D eigenvalue weighted by molar-refractivity contribution is -0.120. The highest BCUT2D eigenvalue weighted by atomic mass is 16.5. The van der Waals surface area contributed by atoms with E-state index >= 15 is 0 Å². The van der Waals surface area contributed by atoms with E-state index in [0.717, 1.165) is 17.0 Å². The van der Waals surface area contributed by atoms with Crippen LogP contribution in [0.25, 0.3) is 0 Å². The summed E-state index contributed by atoms with van der Waals surface area (Å²) >= 11 is 0. The molecule has 0 aliphatic heterocycles. The summed E-state index contributed by atoms with van der Waals surface area (Å²) in [6.45, 7) is 4.40. The van der Waals surface area contributed by atoms with E-state index in [1.54, 1.807) is 7.11 Å². The predicted octanol–water partition coefficient (Wildman–Crippen LogP) is 3.99. The molecule has 0 heterocycles. The van der Waals surface area contributed by atoms with Gasteiger partial charge in [0.05, 0.1) is 19.7 Å². The molecule has 25 heavy (non-hydrogen) atoms. The number of nitrogens with one attached hydrogen (secondary N) is 2. The standard InChI is InChI=1S/C21H26N2O2/c1-14-10-15(2)12-18(11-14)22-13-20(24)23-21(16-4-5-16)17-6-8-19(25-3)9-7-17/h6-12,16,21-22H,4-5,13H2,1-3H3,(H,23,24). The van der Waals surface area contributed by atoms with Crippen LogP contribution in [0.2, 0.25) is 0 Å². The smallest absolute Gasteiger partial charge is 0.239 e. The fourth-order valence-corrected chi connectivity index (χ4v) is 3.20. The van der Waals surface area contributed by atoms with Crippen molar-refractivity contribution in [1.29, 1.82) is 0 Å². The Hall–Kier alpha value is -2.49. The number of anilines is 1. The fraction of sp³-hybridized carbons (Fsp3) is 0.381. The van der Waals surface area contributed by atoms with Crippen molar-refractivity contribution in [1.82, 2.24) is 5.32 Å². The minimum atomic E-state index is 0.0203. The van der Waals surface area contributed by atoms with Gasteiger partial charge in [-0.2, -0.15) is 0 Å². The van der Waals surface area contributed by atoms with Crippen LogP contribution in [0.15, 0.2) is 42.5 Å². The van der Waals surface area contributed by atoms with E-state index in [-0.39, 0.29) is 18.5 Å². The molecular weight excluding hydrogens is 312 g/mol. The normalized spacial score (nSPS) is 14.7. The molecule has 1 atom stereocenters. The van der Waals surface area contributed by atoms with Gasteiger partial charge in [-0.1, -0.05) is 18.2 Å². The molecule has 4 heteroatoms. The van der Waals surface area contributed by atoms with Gasteiger partial charge < -0.3 is 15.4 Å². The fourth-order valence-electron chi connectivity index (χ4n) is 3.20. The highest BCUT2D eigenvalue weighted by molar-refractivity contribution is 5.81. The van der Waals surface area contributed by atoms with Gasteiger partial charge in [-0.3, -0.25) is 4.79 Å². The summed E-state index contributed by atoms with van der Waals surface area (Å²) in [5, 5.41) is 6.42. The number of rotatable bonds is 7. The van der Waals surface area contributed by atoms with Gasteiger partial charge in [0.15, 0.2) is 0 Å². The highest BCUT2D eigenvalue weighted by Crippen LogP contribution is 2.41. The first-order valence-electron chi connectivity index (χ1n) is 8.80. The summed E-state index contributed by atoms with van der Waals surface area (Å²) in [7, 11) is 1.66. The Labute approximate surface area is 149 Å². The van der Waals surface area contributed by atoms with Crippen molar-refractivity contribution >= 4 is 11.6 Å². The zero-order chi connectivity index (χ0) is 17.8. The molecule has 0 radical (unpaired) electrons. The van der Waals surface area contributed by atoms with E-state index in [0.29, 0.717) is 5.92 Å². The number of hydrogen-bond donors (Lipinski definition) is 2. The Morgan fingerprint density at radius 2 is 1.76 bits per heavy atom. The van der Waals surface area contributed by atoms with Crippen molar-refractivity contribution in [2.45, 2.75) is 32.7 Å². The first-order valence-corrected chi connectivity index (χ1v) is 8.80. The summed E-state index contributed by atoms with van der Waals surface area (Å²) in [6.07, 6.45) is 2.34. The molecule has 1 fully saturated rings. The van der Waals surface area contributed by atoms with Crippen molar-refractivity contribution in [3.63, 3.8) is 0 Å². The van der Waals surface area contributed by atoms with Gasteiger partial charge >= 0.3 is 0 Å². The van der Waals surface area contributed by atoms with Crippen LogP contribution in [0.5, 0.6) is 5.75 Å². The SMILES string of the molecule is COc1ccc(C(NC(=O)CNc2cc(C)cc(C)c2)C2CC2)cc1. The number of aryl methyl sites for hydroxylation is 2. The van der Waals surface area contributed by atoms with Gasteiger partial charge in [0.2, 0.25) is 5.91 Å². The highest BCUT2D eigenvalue weighted by Gasteiger charge is 2.33. The van der Waals surface area contributed by atoms with E-state index in [1.165, 1.54) is 24.0 Å². The summed E-state index contributed by atoms with van der Waals surface area (Å²) in [6, 6.07) is 14.3. The molecule has 132 valence electrons. The topological polar surface area (TPSA) is 50.4 Å². The van der Waals surface area contributed by atoms with Gasteiger partial charge in [-0.15, -0.1) is 0 Å². The third-order valence-electron chi connectivity index (χ3n) is 4.56. The van der Waals surface area contributed by atoms with Gasteiger partial charge in [0.25, 0.3) is 0 Å². The van der Waals surface area contributed by atoms with Crippen LogP contribution in [0.3, 0.4) is 0 Å². The Morgan fingerprint density at radius 1 is 1.12 bits per heavy atom. The molecule has 1 unspecified atom stereocenters. The van der Waals surface area contributed by atoms with E-state index < -0.39 is 0 Å². The predicted molar refractivity (Wildman–Crippen MR) is 101 cm³/mol. The monoisotopic (exact) mass is 338 g/mol. The van der Waals surface area contributed by atoms with Gasteiger partial charge in [-0.05, 0) is 73.6 Å². The van der Waals surface area contributed by atoms with E-state index in [2.05, 4.69) is 42.7 Å². The van der Waals surface area contributed by atoms with Gasteiger partial charge in [0.1, 0.15) is 5.75 Å². The number of benzene rings is 2. The largest absolute Gasteiger partial charge is 0.497 e. The van der Waals surface area contributed by atoms with Crippen LogP contribution in [-0.2, 0) is 4.79 Å². The van der Waals surface area contributed by atoms with Crippen molar-refractivity contribution < 1.29 is 9.53 Å². The van der Waals surface area contributed by atoms with Crippen LogP contribution in [0, 0.1) is 19.8 Å². The molecule has 1 aliphatic carbocycles. The number of carbonyl (C=O) groups is 1. The number of ether oxygens (including phenoxy) is 1. The van der Waals surface area contributed by atoms with Gasteiger partial charge in [0, 0.05) is 5.69 Å². The van der Waals surface area contributed by atoms with Gasteiger partial charge in [-0.25, -0.2) is 0 Å². The Balaban J connectivity index is 1.60. The molecule has 1 amide bonds. The quantitative estimate of drug-likeness (QED) is 0.802. The molecule has 0 spiro atoms. The Morgan fingerprint density at radius 3 is 2.32 bits per heavy atom. The molecule has 1 aliphatic rings. The van der Waals surface area contributed by atoms with Crippen LogP contribution < -0.4 is 15.4 Å². The maximum atomic E-state index is 12.4. The maximum Gasteiger partial charge on any atom is 0.239 e. The summed E-state index contributed by atoms with van der Waals surface area (Å²) in [5.41, 5.74) is 4.51. The number of methoxy groups -OCH3 is 1. The number of amides is 1. The molecule has 1 saturated carbocycles. The average molecular weight is 338 g/mol. The molecule has 2 aromatic rings. The third kappa shape index (κ3) is 4.75. The third-order valence-corrected chi connectivity index (χ3v) is 4.56. The lowest BCUT2D eigenvalue weighted by Gasteiger charge is -2.19. The zero-order valence-electron chi connectivity index (χ0n) is 15.1. The lowest BCUT2D eigenvalue weighted by atomic mass is 10.0. The Kier molecular flexibility index (Phi) is 5.27. The molecular formula is C21H26N2O2. The molecule has 0 saturated heterocycles. The Bertz CT molecular complexity index is 716. The molecule has 4 nitrogen and oxygen atoms in total. The second-order valence-electron chi connectivity index (χ2n) is 6.89. The minimum Gasteiger partial charge on any atom is -0.497 e. The lowest BCUT2D eigenvalue weighted by Crippen LogP contribution is -2.34. The summed E-state index contributed by atoms with van der Waals surface area (Å²) in [5.74, 6) is 1.39. The summed E-state index contributed by atoms with van der Waals surface area (Å²) < 4.78 is 5.22. The van der Waals surface area contributed by atoms with E-state index in [9.17, 15) is 4.79 Å².